The first-order valence-corrected chi connectivity index (χ1v) is 8.92. The van der Waals surface area contributed by atoms with Crippen molar-refractivity contribution in [2.75, 3.05) is 5.32 Å². The summed E-state index contributed by atoms with van der Waals surface area (Å²) >= 11 is 0. The van der Waals surface area contributed by atoms with Gasteiger partial charge in [-0.05, 0) is 36.4 Å². The second kappa shape index (κ2) is 6.32. The summed E-state index contributed by atoms with van der Waals surface area (Å²) in [5.74, 6) is 0.208. The Kier molecular flexibility index (Phi) is 3.66. The zero-order chi connectivity index (χ0) is 19.1. The van der Waals surface area contributed by atoms with E-state index in [1.165, 1.54) is 0 Å². The van der Waals surface area contributed by atoms with Crippen molar-refractivity contribution in [2.45, 2.75) is 0 Å². The molecule has 0 radical (unpaired) electrons. The zero-order valence-electron chi connectivity index (χ0n) is 14.8. The van der Waals surface area contributed by atoms with E-state index >= 15 is 0 Å². The summed E-state index contributed by atoms with van der Waals surface area (Å²) in [5, 5.41) is 3.39. The minimum atomic E-state index is -0.205. The van der Waals surface area contributed by atoms with Crippen molar-refractivity contribution in [2.24, 2.45) is 0 Å². The van der Waals surface area contributed by atoms with Gasteiger partial charge in [0.05, 0.1) is 22.2 Å². The third kappa shape index (κ3) is 2.53. The maximum absolute atomic E-state index is 13.2. The Hall–Kier alpha value is -3.99. The third-order valence-corrected chi connectivity index (χ3v) is 4.80. The Bertz CT molecular complexity index is 1320. The first kappa shape index (κ1) is 16.2. The number of carbonyl (C=O) groups excluding carboxylic acids is 1. The van der Waals surface area contributed by atoms with Gasteiger partial charge in [-0.25, -0.2) is 4.98 Å². The molecule has 5 heteroatoms. The number of carbonyl (C=O) groups is 1. The molecule has 5 rings (SSSR count). The van der Waals surface area contributed by atoms with Crippen LogP contribution in [0.2, 0.25) is 0 Å². The van der Waals surface area contributed by atoms with E-state index in [-0.39, 0.29) is 11.5 Å². The molecule has 0 fully saturated rings. The number of fused-ring (bicyclic) bond motifs is 2. The Balaban J connectivity index is 1.83. The van der Waals surface area contributed by atoms with Gasteiger partial charge in [0.15, 0.2) is 0 Å². The molecule has 0 spiro atoms. The molecule has 0 saturated heterocycles. The van der Waals surface area contributed by atoms with Crippen molar-refractivity contribution in [1.29, 1.82) is 0 Å². The highest BCUT2D eigenvalue weighted by Crippen LogP contribution is 2.32. The van der Waals surface area contributed by atoms with Gasteiger partial charge >= 0.3 is 0 Å². The predicted octanol–water partition coefficient (Wildman–Crippen LogP) is 3.88. The number of benzene rings is 3. The minimum Gasteiger partial charge on any atom is -0.321 e. The van der Waals surface area contributed by atoms with E-state index in [2.05, 4.69) is 10.3 Å². The van der Waals surface area contributed by atoms with Crippen molar-refractivity contribution in [1.82, 2.24) is 9.55 Å². The molecule has 3 aromatic carbocycles. The summed E-state index contributed by atoms with van der Waals surface area (Å²) < 4.78 is 1.55. The molecule has 0 saturated carbocycles. The van der Waals surface area contributed by atoms with Crippen molar-refractivity contribution >= 4 is 34.1 Å². The highest BCUT2D eigenvalue weighted by Gasteiger charge is 2.24. The van der Waals surface area contributed by atoms with Gasteiger partial charge in [0.1, 0.15) is 5.82 Å². The van der Waals surface area contributed by atoms with Crippen LogP contribution in [0.3, 0.4) is 0 Å². The van der Waals surface area contributed by atoms with E-state index < -0.39 is 0 Å². The Morgan fingerprint density at radius 2 is 1.54 bits per heavy atom. The summed E-state index contributed by atoms with van der Waals surface area (Å²) in [6, 6.07) is 24.0. The number of nitrogens with one attached hydrogen (secondary N) is 1. The molecule has 1 aliphatic rings. The van der Waals surface area contributed by atoms with Crippen LogP contribution in [0.15, 0.2) is 83.7 Å². The van der Waals surface area contributed by atoms with Crippen LogP contribution in [0.5, 0.6) is 0 Å². The van der Waals surface area contributed by atoms with Crippen LogP contribution in [0.25, 0.3) is 28.2 Å². The lowest BCUT2D eigenvalue weighted by atomic mass is 10.1. The van der Waals surface area contributed by atoms with Crippen LogP contribution in [0.4, 0.5) is 5.69 Å². The molecule has 28 heavy (non-hydrogen) atoms. The van der Waals surface area contributed by atoms with E-state index in [1.807, 2.05) is 66.7 Å². The molecule has 1 N–H and O–H groups in total. The molecule has 0 aliphatic carbocycles. The van der Waals surface area contributed by atoms with Crippen LogP contribution < -0.4 is 10.9 Å². The van der Waals surface area contributed by atoms with Crippen LogP contribution in [0.1, 0.15) is 11.4 Å². The summed E-state index contributed by atoms with van der Waals surface area (Å²) in [7, 11) is 0. The minimum absolute atomic E-state index is 0.171. The standard InChI is InChI=1S/C23H15N3O2/c27-22-18(16-10-4-6-12-19(16)25-22)14-21-24-20-13-7-5-11-17(20)23(28)26(21)15-8-2-1-3-9-15/h1-14H,(H,25,27)/b18-14-. The maximum atomic E-state index is 13.2. The van der Waals surface area contributed by atoms with Gasteiger partial charge in [-0.3, -0.25) is 14.2 Å². The van der Waals surface area contributed by atoms with Gasteiger partial charge < -0.3 is 5.32 Å². The van der Waals surface area contributed by atoms with Gasteiger partial charge in [0.25, 0.3) is 11.5 Å². The molecule has 5 nitrogen and oxygen atoms in total. The third-order valence-electron chi connectivity index (χ3n) is 4.80. The fraction of sp³-hybridized carbons (Fsp3) is 0. The number of amides is 1. The van der Waals surface area contributed by atoms with Gasteiger partial charge in [-0.2, -0.15) is 0 Å². The van der Waals surface area contributed by atoms with Crippen molar-refractivity contribution in [3.63, 3.8) is 0 Å². The number of aromatic nitrogens is 2. The van der Waals surface area contributed by atoms with Crippen molar-refractivity contribution in [3.8, 4) is 5.69 Å². The largest absolute Gasteiger partial charge is 0.321 e. The first-order chi connectivity index (χ1) is 13.7. The van der Waals surface area contributed by atoms with Crippen LogP contribution in [0, 0.1) is 0 Å². The summed E-state index contributed by atoms with van der Waals surface area (Å²) in [6.45, 7) is 0. The number of nitrogens with zero attached hydrogens (tertiary/aromatic N) is 2. The number of rotatable bonds is 2. The van der Waals surface area contributed by atoms with Crippen LogP contribution in [-0.4, -0.2) is 15.5 Å². The molecule has 134 valence electrons. The molecule has 2 heterocycles. The zero-order valence-corrected chi connectivity index (χ0v) is 14.8. The smallest absolute Gasteiger partial charge is 0.266 e. The monoisotopic (exact) mass is 365 g/mol. The quantitative estimate of drug-likeness (QED) is 0.548. The second-order valence-corrected chi connectivity index (χ2v) is 6.52. The van der Waals surface area contributed by atoms with E-state index in [9.17, 15) is 9.59 Å². The fourth-order valence-electron chi connectivity index (χ4n) is 3.48. The number of hydrogen-bond donors (Lipinski definition) is 1. The summed E-state index contributed by atoms with van der Waals surface area (Å²) in [4.78, 5) is 30.5. The van der Waals surface area contributed by atoms with Crippen LogP contribution in [-0.2, 0) is 4.79 Å². The normalized spacial score (nSPS) is 14.3. The van der Waals surface area contributed by atoms with Crippen molar-refractivity contribution in [3.05, 3.63) is 101 Å². The molecular formula is C23H15N3O2. The molecule has 1 amide bonds. The number of anilines is 1. The predicted molar refractivity (Wildman–Crippen MR) is 110 cm³/mol. The Labute approximate surface area is 160 Å². The second-order valence-electron chi connectivity index (χ2n) is 6.52. The highest BCUT2D eigenvalue weighted by atomic mass is 16.2. The lowest BCUT2D eigenvalue weighted by Crippen LogP contribution is -2.22. The number of para-hydroxylation sites is 3. The number of hydrogen-bond acceptors (Lipinski definition) is 3. The molecule has 1 aromatic heterocycles. The van der Waals surface area contributed by atoms with E-state index in [4.69, 9.17) is 0 Å². The van der Waals surface area contributed by atoms with Crippen molar-refractivity contribution < 1.29 is 4.79 Å². The average molecular weight is 365 g/mol. The topological polar surface area (TPSA) is 64.0 Å². The van der Waals surface area contributed by atoms with Gasteiger partial charge in [0.2, 0.25) is 0 Å². The first-order valence-electron chi connectivity index (χ1n) is 8.92. The Morgan fingerprint density at radius 1 is 0.821 bits per heavy atom. The van der Waals surface area contributed by atoms with Gasteiger partial charge in [-0.1, -0.05) is 48.5 Å². The summed E-state index contributed by atoms with van der Waals surface area (Å²) in [6.07, 6.45) is 1.68. The van der Waals surface area contributed by atoms with E-state index in [0.717, 1.165) is 11.3 Å². The van der Waals surface area contributed by atoms with Crippen LogP contribution >= 0.6 is 0 Å². The fourth-order valence-corrected chi connectivity index (χ4v) is 3.48. The van der Waals surface area contributed by atoms with E-state index in [0.29, 0.717) is 28.0 Å². The lowest BCUT2D eigenvalue weighted by molar-refractivity contribution is -0.110. The highest BCUT2D eigenvalue weighted by molar-refractivity contribution is 6.34. The molecular weight excluding hydrogens is 350 g/mol. The maximum Gasteiger partial charge on any atom is 0.266 e. The molecule has 0 bridgehead atoms. The molecule has 0 atom stereocenters. The molecule has 4 aromatic rings. The van der Waals surface area contributed by atoms with Gasteiger partial charge in [0, 0.05) is 11.3 Å². The molecule has 0 unspecified atom stereocenters. The average Bonchev–Trinajstić information content (AvgIpc) is 3.04. The van der Waals surface area contributed by atoms with E-state index in [1.54, 1.807) is 22.8 Å². The SMILES string of the molecule is O=C1Nc2ccccc2/C1=C/c1nc2ccccc2c(=O)n1-c1ccccc1. The molecule has 1 aliphatic heterocycles. The lowest BCUT2D eigenvalue weighted by Gasteiger charge is -2.12. The Morgan fingerprint density at radius 3 is 2.39 bits per heavy atom. The van der Waals surface area contributed by atoms with Gasteiger partial charge in [-0.15, -0.1) is 0 Å². The summed E-state index contributed by atoms with van der Waals surface area (Å²) in [5.41, 5.74) is 3.17.